The number of nitrogen functional groups attached to an aromatic ring is 1. The molecule has 7 heteroatoms. The number of amides is 1. The van der Waals surface area contributed by atoms with E-state index in [0.29, 0.717) is 6.54 Å². The van der Waals surface area contributed by atoms with Crippen molar-refractivity contribution in [3.8, 4) is 0 Å². The quantitative estimate of drug-likeness (QED) is 0.552. The highest BCUT2D eigenvalue weighted by atomic mass is 16.2. The standard InChI is InChI=1S/C8H12N4O3/c1-2-10-6(13)4-12-3-5(9)7(14)11-8(12)15/h3H,2,4,9H2,1H3,(H,10,13)(H,11,14,15). The van der Waals surface area contributed by atoms with Crippen LogP contribution in [0.25, 0.3) is 0 Å². The molecular formula is C8H12N4O3. The number of carbonyl (C=O) groups is 1. The molecule has 0 fully saturated rings. The molecule has 1 heterocycles. The summed E-state index contributed by atoms with van der Waals surface area (Å²) in [6.45, 7) is 2.09. The molecule has 0 aliphatic heterocycles. The number of nitrogens with zero attached hydrogens (tertiary/aromatic N) is 1. The predicted molar refractivity (Wildman–Crippen MR) is 54.4 cm³/mol. The van der Waals surface area contributed by atoms with Gasteiger partial charge in [-0.3, -0.25) is 19.1 Å². The fourth-order valence-electron chi connectivity index (χ4n) is 1.05. The van der Waals surface area contributed by atoms with Gasteiger partial charge in [-0.1, -0.05) is 0 Å². The molecule has 1 aromatic heterocycles. The maximum Gasteiger partial charge on any atom is 0.328 e. The summed E-state index contributed by atoms with van der Waals surface area (Å²) < 4.78 is 1.04. The van der Waals surface area contributed by atoms with Crippen molar-refractivity contribution in [3.63, 3.8) is 0 Å². The normalized spacial score (nSPS) is 9.93. The molecule has 0 atom stereocenters. The monoisotopic (exact) mass is 212 g/mol. The van der Waals surface area contributed by atoms with Gasteiger partial charge in [0.15, 0.2) is 0 Å². The first-order valence-electron chi connectivity index (χ1n) is 4.40. The molecule has 4 N–H and O–H groups in total. The van der Waals surface area contributed by atoms with E-state index in [0.717, 1.165) is 10.8 Å². The molecule has 0 aliphatic carbocycles. The average Bonchev–Trinajstić information content (AvgIpc) is 2.14. The molecule has 0 saturated heterocycles. The molecule has 0 spiro atoms. The van der Waals surface area contributed by atoms with Gasteiger partial charge in [-0.2, -0.15) is 0 Å². The molecule has 0 unspecified atom stereocenters. The number of hydrogen-bond acceptors (Lipinski definition) is 4. The second kappa shape index (κ2) is 4.45. The van der Waals surface area contributed by atoms with Crippen LogP contribution in [0.1, 0.15) is 6.92 Å². The van der Waals surface area contributed by atoms with Gasteiger partial charge in [-0.25, -0.2) is 4.79 Å². The zero-order valence-corrected chi connectivity index (χ0v) is 8.24. The molecule has 82 valence electrons. The molecule has 1 aromatic rings. The van der Waals surface area contributed by atoms with Gasteiger partial charge in [0, 0.05) is 12.7 Å². The maximum atomic E-state index is 11.2. The van der Waals surface area contributed by atoms with E-state index in [2.05, 4.69) is 5.32 Å². The number of aromatic nitrogens is 2. The number of rotatable bonds is 3. The minimum absolute atomic E-state index is 0.0982. The lowest BCUT2D eigenvalue weighted by atomic mass is 10.5. The topological polar surface area (TPSA) is 110 Å². The van der Waals surface area contributed by atoms with Gasteiger partial charge in [-0.15, -0.1) is 0 Å². The minimum Gasteiger partial charge on any atom is -0.393 e. The number of hydrogen-bond donors (Lipinski definition) is 3. The fourth-order valence-corrected chi connectivity index (χ4v) is 1.05. The lowest BCUT2D eigenvalue weighted by Gasteiger charge is -2.05. The number of nitrogens with two attached hydrogens (primary N) is 1. The van der Waals surface area contributed by atoms with Crippen LogP contribution in [0.4, 0.5) is 5.69 Å². The van der Waals surface area contributed by atoms with E-state index in [4.69, 9.17) is 5.73 Å². The summed E-state index contributed by atoms with van der Waals surface area (Å²) in [6.07, 6.45) is 1.15. The molecule has 15 heavy (non-hydrogen) atoms. The minimum atomic E-state index is -0.652. The van der Waals surface area contributed by atoms with E-state index in [1.807, 2.05) is 4.98 Å². The van der Waals surface area contributed by atoms with Crippen molar-refractivity contribution >= 4 is 11.6 Å². The summed E-state index contributed by atoms with van der Waals surface area (Å²) in [7, 11) is 0. The Bertz CT molecular complexity index is 474. The van der Waals surface area contributed by atoms with Crippen LogP contribution in [0.2, 0.25) is 0 Å². The van der Waals surface area contributed by atoms with E-state index in [9.17, 15) is 14.4 Å². The highest BCUT2D eigenvalue weighted by Crippen LogP contribution is 1.86. The van der Waals surface area contributed by atoms with Crippen LogP contribution >= 0.6 is 0 Å². The van der Waals surface area contributed by atoms with Crippen molar-refractivity contribution in [2.24, 2.45) is 0 Å². The van der Waals surface area contributed by atoms with Gasteiger partial charge in [-0.05, 0) is 6.92 Å². The van der Waals surface area contributed by atoms with Crippen LogP contribution in [0.5, 0.6) is 0 Å². The smallest absolute Gasteiger partial charge is 0.328 e. The summed E-state index contributed by atoms with van der Waals surface area (Å²) in [5, 5.41) is 2.52. The second-order valence-corrected chi connectivity index (χ2v) is 2.93. The van der Waals surface area contributed by atoms with Gasteiger partial charge < -0.3 is 11.1 Å². The van der Waals surface area contributed by atoms with Crippen LogP contribution in [-0.2, 0) is 11.3 Å². The third-order valence-electron chi connectivity index (χ3n) is 1.73. The van der Waals surface area contributed by atoms with Gasteiger partial charge >= 0.3 is 5.69 Å². The summed E-state index contributed by atoms with van der Waals surface area (Å²) in [6, 6.07) is 0. The Balaban J connectivity index is 2.96. The Morgan fingerprint density at radius 3 is 2.87 bits per heavy atom. The molecule has 0 aliphatic rings. The van der Waals surface area contributed by atoms with Crippen molar-refractivity contribution in [1.82, 2.24) is 14.9 Å². The first-order chi connectivity index (χ1) is 7.04. The Labute approximate surface area is 84.9 Å². The van der Waals surface area contributed by atoms with Crippen LogP contribution in [0, 0.1) is 0 Å². The number of anilines is 1. The molecule has 1 amide bonds. The van der Waals surface area contributed by atoms with Crippen molar-refractivity contribution in [1.29, 1.82) is 0 Å². The lowest BCUT2D eigenvalue weighted by Crippen LogP contribution is -2.36. The number of nitrogens with one attached hydrogen (secondary N) is 2. The average molecular weight is 212 g/mol. The van der Waals surface area contributed by atoms with Crippen LogP contribution in [0.15, 0.2) is 15.8 Å². The van der Waals surface area contributed by atoms with Crippen LogP contribution < -0.4 is 22.3 Å². The zero-order chi connectivity index (χ0) is 11.4. The van der Waals surface area contributed by atoms with E-state index < -0.39 is 11.2 Å². The first kappa shape index (κ1) is 11.0. The van der Waals surface area contributed by atoms with Crippen molar-refractivity contribution in [2.45, 2.75) is 13.5 Å². The summed E-state index contributed by atoms with van der Waals surface area (Å²) in [4.78, 5) is 35.3. The zero-order valence-electron chi connectivity index (χ0n) is 8.24. The predicted octanol–water partition coefficient (Wildman–Crippen LogP) is -1.75. The highest BCUT2D eigenvalue weighted by Gasteiger charge is 2.05. The Hall–Kier alpha value is -2.05. The van der Waals surface area contributed by atoms with Gasteiger partial charge in [0.1, 0.15) is 12.2 Å². The van der Waals surface area contributed by atoms with Gasteiger partial charge in [0.25, 0.3) is 5.56 Å². The van der Waals surface area contributed by atoms with E-state index >= 15 is 0 Å². The third kappa shape index (κ3) is 2.70. The Morgan fingerprint density at radius 2 is 2.27 bits per heavy atom. The lowest BCUT2D eigenvalue weighted by molar-refractivity contribution is -0.121. The molecular weight excluding hydrogens is 200 g/mol. The Morgan fingerprint density at radius 1 is 1.60 bits per heavy atom. The molecule has 7 nitrogen and oxygen atoms in total. The first-order valence-corrected chi connectivity index (χ1v) is 4.40. The van der Waals surface area contributed by atoms with Gasteiger partial charge in [0.2, 0.25) is 5.91 Å². The summed E-state index contributed by atoms with van der Waals surface area (Å²) in [5.41, 5.74) is 3.91. The van der Waals surface area contributed by atoms with E-state index in [-0.39, 0.29) is 18.1 Å². The fraction of sp³-hybridized carbons (Fsp3) is 0.375. The number of aromatic amines is 1. The summed E-state index contributed by atoms with van der Waals surface area (Å²) >= 11 is 0. The van der Waals surface area contributed by atoms with Crippen molar-refractivity contribution < 1.29 is 4.79 Å². The van der Waals surface area contributed by atoms with E-state index in [1.165, 1.54) is 0 Å². The summed E-state index contributed by atoms with van der Waals surface area (Å²) in [5.74, 6) is -0.314. The SMILES string of the molecule is CCNC(=O)Cn1cc(N)c(=O)[nH]c1=O. The highest BCUT2D eigenvalue weighted by molar-refractivity contribution is 5.75. The second-order valence-electron chi connectivity index (χ2n) is 2.93. The number of carbonyl (C=O) groups excluding carboxylic acids is 1. The Kier molecular flexibility index (Phi) is 3.27. The molecule has 0 aromatic carbocycles. The maximum absolute atomic E-state index is 11.2. The van der Waals surface area contributed by atoms with Crippen LogP contribution in [0.3, 0.4) is 0 Å². The molecule has 0 saturated carbocycles. The largest absolute Gasteiger partial charge is 0.393 e. The number of likely N-dealkylation sites (N-methyl/N-ethyl adjacent to an activating group) is 1. The number of H-pyrrole nitrogens is 1. The molecule has 1 rings (SSSR count). The van der Waals surface area contributed by atoms with Crippen molar-refractivity contribution in [2.75, 3.05) is 12.3 Å². The van der Waals surface area contributed by atoms with Crippen LogP contribution in [-0.4, -0.2) is 22.0 Å². The third-order valence-corrected chi connectivity index (χ3v) is 1.73. The molecule has 0 bridgehead atoms. The van der Waals surface area contributed by atoms with Crippen molar-refractivity contribution in [3.05, 3.63) is 27.0 Å². The van der Waals surface area contributed by atoms with Gasteiger partial charge in [0.05, 0.1) is 0 Å². The van der Waals surface area contributed by atoms with E-state index in [1.54, 1.807) is 6.92 Å². The molecule has 0 radical (unpaired) electrons.